The Labute approximate surface area is 113 Å². The summed E-state index contributed by atoms with van der Waals surface area (Å²) in [7, 11) is 0. The predicted molar refractivity (Wildman–Crippen MR) is 77.1 cm³/mol. The molecule has 1 aliphatic rings. The zero-order valence-electron chi connectivity index (χ0n) is 10.9. The smallest absolute Gasteiger partial charge is 0.0563 e. The fraction of sp³-hybridized carbons (Fsp3) is 0.467. The van der Waals surface area contributed by atoms with Crippen molar-refractivity contribution in [3.8, 4) is 0 Å². The van der Waals surface area contributed by atoms with Gasteiger partial charge in [0.2, 0.25) is 0 Å². The minimum absolute atomic E-state index is 0.790. The molecular formula is C15H20N2S. The molecule has 0 amide bonds. The summed E-state index contributed by atoms with van der Waals surface area (Å²) in [6.07, 6.45) is 8.31. The lowest BCUT2D eigenvalue weighted by Crippen LogP contribution is -2.14. The van der Waals surface area contributed by atoms with E-state index < -0.39 is 0 Å². The van der Waals surface area contributed by atoms with Crippen molar-refractivity contribution in [2.75, 3.05) is 0 Å². The first-order valence-electron chi connectivity index (χ1n) is 6.79. The van der Waals surface area contributed by atoms with Crippen LogP contribution >= 0.6 is 11.3 Å². The maximum Gasteiger partial charge on any atom is 0.0563 e. The van der Waals surface area contributed by atoms with E-state index >= 15 is 0 Å². The van der Waals surface area contributed by atoms with Crippen LogP contribution in [0.1, 0.15) is 35.1 Å². The summed E-state index contributed by atoms with van der Waals surface area (Å²) in [6.45, 7) is 4.24. The van der Waals surface area contributed by atoms with Gasteiger partial charge in [-0.2, -0.15) is 0 Å². The number of thiophene rings is 1. The third kappa shape index (κ3) is 3.03. The topological polar surface area (TPSA) is 17.0 Å². The Morgan fingerprint density at radius 2 is 2.11 bits per heavy atom. The Morgan fingerprint density at radius 1 is 1.28 bits per heavy atom. The van der Waals surface area contributed by atoms with E-state index in [1.165, 1.54) is 28.2 Å². The van der Waals surface area contributed by atoms with Gasteiger partial charge in [0.1, 0.15) is 0 Å². The first-order chi connectivity index (χ1) is 8.83. The van der Waals surface area contributed by atoms with Gasteiger partial charge in [-0.15, -0.1) is 11.3 Å². The van der Waals surface area contributed by atoms with E-state index in [2.05, 4.69) is 47.4 Å². The van der Waals surface area contributed by atoms with Crippen LogP contribution in [-0.2, 0) is 19.5 Å². The zero-order chi connectivity index (χ0) is 12.4. The average molecular weight is 260 g/mol. The Balaban J connectivity index is 1.58. The minimum atomic E-state index is 0.790. The van der Waals surface area contributed by atoms with Crippen LogP contribution in [0.3, 0.4) is 0 Å². The lowest BCUT2D eigenvalue weighted by atomic mass is 10.3. The maximum atomic E-state index is 3.55. The summed E-state index contributed by atoms with van der Waals surface area (Å²) >= 11 is 1.93. The molecule has 0 aliphatic heterocycles. The second-order valence-electron chi connectivity index (χ2n) is 5.07. The summed E-state index contributed by atoms with van der Waals surface area (Å²) < 4.78 is 2.29. The molecule has 0 unspecified atom stereocenters. The highest BCUT2D eigenvalue weighted by atomic mass is 32.1. The number of hydrogen-bond acceptors (Lipinski definition) is 2. The predicted octanol–water partition coefficient (Wildman–Crippen LogP) is 3.41. The molecule has 0 radical (unpaired) electrons. The molecule has 96 valence electrons. The van der Waals surface area contributed by atoms with Crippen LogP contribution in [0.15, 0.2) is 30.6 Å². The van der Waals surface area contributed by atoms with Crippen LogP contribution in [0.2, 0.25) is 0 Å². The van der Waals surface area contributed by atoms with Crippen molar-refractivity contribution in [2.45, 2.75) is 45.3 Å². The number of nitrogens with one attached hydrogen (secondary N) is 1. The molecule has 0 atom stereocenters. The molecule has 1 saturated carbocycles. The van der Waals surface area contributed by atoms with Gasteiger partial charge in [0.05, 0.1) is 6.54 Å². The lowest BCUT2D eigenvalue weighted by Gasteiger charge is -2.01. The van der Waals surface area contributed by atoms with Crippen LogP contribution in [-0.4, -0.2) is 10.6 Å². The summed E-state index contributed by atoms with van der Waals surface area (Å²) in [5.74, 6) is 0. The molecule has 0 aromatic carbocycles. The van der Waals surface area contributed by atoms with Crippen LogP contribution in [0.4, 0.5) is 0 Å². The van der Waals surface area contributed by atoms with Crippen molar-refractivity contribution in [3.63, 3.8) is 0 Å². The van der Waals surface area contributed by atoms with Crippen molar-refractivity contribution in [1.29, 1.82) is 0 Å². The largest absolute Gasteiger partial charge is 0.349 e. The quantitative estimate of drug-likeness (QED) is 0.842. The van der Waals surface area contributed by atoms with Gasteiger partial charge in [-0.05, 0) is 43.0 Å². The third-order valence-electron chi connectivity index (χ3n) is 3.39. The third-order valence-corrected chi connectivity index (χ3v) is 4.60. The van der Waals surface area contributed by atoms with Crippen LogP contribution in [0.25, 0.3) is 0 Å². The monoisotopic (exact) mass is 260 g/mol. The van der Waals surface area contributed by atoms with Gasteiger partial charge in [0.15, 0.2) is 0 Å². The number of nitrogens with zero attached hydrogens (tertiary/aromatic N) is 1. The summed E-state index contributed by atoms with van der Waals surface area (Å²) in [5.41, 5.74) is 1.40. The molecule has 1 fully saturated rings. The molecule has 0 spiro atoms. The van der Waals surface area contributed by atoms with Crippen molar-refractivity contribution in [3.05, 3.63) is 45.9 Å². The Kier molecular flexibility index (Phi) is 3.52. The second kappa shape index (κ2) is 5.29. The van der Waals surface area contributed by atoms with Gasteiger partial charge >= 0.3 is 0 Å². The maximum absolute atomic E-state index is 3.55. The fourth-order valence-electron chi connectivity index (χ4n) is 2.12. The van der Waals surface area contributed by atoms with Gasteiger partial charge in [0, 0.05) is 34.7 Å². The van der Waals surface area contributed by atoms with E-state index in [1.807, 2.05) is 11.3 Å². The first kappa shape index (κ1) is 12.0. The van der Waals surface area contributed by atoms with Gasteiger partial charge in [-0.1, -0.05) is 6.92 Å². The number of aromatic nitrogens is 1. The van der Waals surface area contributed by atoms with E-state index in [0.29, 0.717) is 0 Å². The molecule has 0 bridgehead atoms. The van der Waals surface area contributed by atoms with E-state index in [-0.39, 0.29) is 0 Å². The highest BCUT2D eigenvalue weighted by molar-refractivity contribution is 7.11. The fourth-order valence-corrected chi connectivity index (χ4v) is 3.09. The van der Waals surface area contributed by atoms with E-state index in [1.54, 1.807) is 0 Å². The Morgan fingerprint density at radius 3 is 2.83 bits per heavy atom. The number of rotatable bonds is 6. The van der Waals surface area contributed by atoms with Crippen LogP contribution in [0.5, 0.6) is 0 Å². The van der Waals surface area contributed by atoms with E-state index in [0.717, 1.165) is 25.6 Å². The molecule has 1 N–H and O–H groups in total. The summed E-state index contributed by atoms with van der Waals surface area (Å²) in [5, 5.41) is 3.55. The second-order valence-corrected chi connectivity index (χ2v) is 6.32. The molecule has 1 aliphatic carbocycles. The zero-order valence-corrected chi connectivity index (χ0v) is 11.7. The van der Waals surface area contributed by atoms with Gasteiger partial charge in [0.25, 0.3) is 0 Å². The summed E-state index contributed by atoms with van der Waals surface area (Å²) in [6, 6.07) is 7.52. The molecule has 2 heterocycles. The van der Waals surface area contributed by atoms with Gasteiger partial charge in [-0.25, -0.2) is 0 Å². The average Bonchev–Trinajstić information content (AvgIpc) is 2.93. The molecular weight excluding hydrogens is 240 g/mol. The lowest BCUT2D eigenvalue weighted by molar-refractivity contribution is 0.685. The highest BCUT2D eigenvalue weighted by Crippen LogP contribution is 2.20. The number of aryl methyl sites for hydroxylation is 1. The molecule has 2 aromatic heterocycles. The van der Waals surface area contributed by atoms with E-state index in [4.69, 9.17) is 0 Å². The SMILES string of the molecule is CCc1ccc(Cn2ccc(CNC3CC3)c2)s1. The van der Waals surface area contributed by atoms with Crippen molar-refractivity contribution in [1.82, 2.24) is 9.88 Å². The first-order valence-corrected chi connectivity index (χ1v) is 7.61. The Hall–Kier alpha value is -1.06. The van der Waals surface area contributed by atoms with Crippen LogP contribution < -0.4 is 5.32 Å². The standard InChI is InChI=1S/C15H20N2S/c1-2-14-5-6-15(18-14)11-17-8-7-12(10-17)9-16-13-3-4-13/h5-8,10,13,16H,2-4,9,11H2,1H3. The molecule has 2 aromatic rings. The molecule has 2 nitrogen and oxygen atoms in total. The molecule has 3 heteroatoms. The van der Waals surface area contributed by atoms with Gasteiger partial charge in [-0.3, -0.25) is 0 Å². The van der Waals surface area contributed by atoms with Crippen molar-refractivity contribution < 1.29 is 0 Å². The molecule has 3 rings (SSSR count). The van der Waals surface area contributed by atoms with Crippen molar-refractivity contribution >= 4 is 11.3 Å². The summed E-state index contributed by atoms with van der Waals surface area (Å²) in [4.78, 5) is 2.93. The normalized spacial score (nSPS) is 15.2. The Bertz CT molecular complexity index is 508. The van der Waals surface area contributed by atoms with E-state index in [9.17, 15) is 0 Å². The van der Waals surface area contributed by atoms with Crippen molar-refractivity contribution in [2.24, 2.45) is 0 Å². The van der Waals surface area contributed by atoms with Gasteiger partial charge < -0.3 is 9.88 Å². The highest BCUT2D eigenvalue weighted by Gasteiger charge is 2.19. The van der Waals surface area contributed by atoms with Crippen LogP contribution in [0, 0.1) is 0 Å². The molecule has 18 heavy (non-hydrogen) atoms. The molecule has 0 saturated heterocycles. The minimum Gasteiger partial charge on any atom is -0.349 e. The number of hydrogen-bond donors (Lipinski definition) is 1.